The zero-order chi connectivity index (χ0) is 14.7. The minimum absolute atomic E-state index is 0.545. The van der Waals surface area contributed by atoms with Gasteiger partial charge in [0.05, 0.1) is 6.61 Å². The van der Waals surface area contributed by atoms with Gasteiger partial charge in [0.1, 0.15) is 18.2 Å². The van der Waals surface area contributed by atoms with Gasteiger partial charge in [-0.25, -0.2) is 4.98 Å². The van der Waals surface area contributed by atoms with Gasteiger partial charge in [-0.3, -0.25) is 4.40 Å². The van der Waals surface area contributed by atoms with Gasteiger partial charge in [0.2, 0.25) is 0 Å². The molecule has 0 N–H and O–H groups in total. The molecule has 0 aliphatic rings. The van der Waals surface area contributed by atoms with Gasteiger partial charge in [-0.2, -0.15) is 0 Å². The Morgan fingerprint density at radius 1 is 1.05 bits per heavy atom. The van der Waals surface area contributed by atoms with E-state index >= 15 is 0 Å². The molecule has 0 radical (unpaired) electrons. The molecule has 0 saturated carbocycles. The predicted molar refractivity (Wildman–Crippen MR) is 78.3 cm³/mol. The predicted octanol–water partition coefficient (Wildman–Crippen LogP) is 2.12. The Balaban J connectivity index is 1.83. The first-order valence-electron chi connectivity index (χ1n) is 6.67. The van der Waals surface area contributed by atoms with Crippen LogP contribution in [-0.2, 0) is 4.74 Å². The molecular formula is C15H16N4O2. The van der Waals surface area contributed by atoms with Crippen molar-refractivity contribution in [2.24, 2.45) is 0 Å². The summed E-state index contributed by atoms with van der Waals surface area (Å²) in [6.07, 6.45) is 3.78. The van der Waals surface area contributed by atoms with E-state index in [-0.39, 0.29) is 0 Å². The lowest BCUT2D eigenvalue weighted by Crippen LogP contribution is -2.03. The van der Waals surface area contributed by atoms with Crippen LogP contribution >= 0.6 is 0 Å². The molecular weight excluding hydrogens is 268 g/mol. The van der Waals surface area contributed by atoms with Crippen molar-refractivity contribution >= 4 is 5.78 Å². The van der Waals surface area contributed by atoms with Gasteiger partial charge in [-0.1, -0.05) is 12.1 Å². The summed E-state index contributed by atoms with van der Waals surface area (Å²) in [6, 6.07) is 7.89. The van der Waals surface area contributed by atoms with Gasteiger partial charge in [-0.05, 0) is 24.6 Å². The number of benzene rings is 1. The Morgan fingerprint density at radius 3 is 2.62 bits per heavy atom. The van der Waals surface area contributed by atoms with Crippen LogP contribution in [0.25, 0.3) is 16.9 Å². The summed E-state index contributed by atoms with van der Waals surface area (Å²) in [4.78, 5) is 4.30. The van der Waals surface area contributed by atoms with E-state index in [4.69, 9.17) is 9.47 Å². The average molecular weight is 284 g/mol. The summed E-state index contributed by atoms with van der Waals surface area (Å²) < 4.78 is 12.4. The maximum atomic E-state index is 5.55. The molecule has 0 aliphatic heterocycles. The fraction of sp³-hybridized carbons (Fsp3) is 0.267. The molecule has 0 amide bonds. The first-order valence-corrected chi connectivity index (χ1v) is 6.67. The van der Waals surface area contributed by atoms with Crippen molar-refractivity contribution < 1.29 is 9.47 Å². The molecule has 21 heavy (non-hydrogen) atoms. The maximum Gasteiger partial charge on any atom is 0.254 e. The molecule has 0 fully saturated rings. The highest BCUT2D eigenvalue weighted by Crippen LogP contribution is 2.22. The van der Waals surface area contributed by atoms with Gasteiger partial charge < -0.3 is 9.47 Å². The molecule has 6 heteroatoms. The molecule has 1 aromatic carbocycles. The third-order valence-corrected chi connectivity index (χ3v) is 3.18. The van der Waals surface area contributed by atoms with Crippen LogP contribution in [0.2, 0.25) is 0 Å². The minimum Gasteiger partial charge on any atom is -0.491 e. The van der Waals surface area contributed by atoms with Crippen molar-refractivity contribution in [3.63, 3.8) is 0 Å². The zero-order valence-electron chi connectivity index (χ0n) is 12.0. The van der Waals surface area contributed by atoms with Crippen molar-refractivity contribution in [2.75, 3.05) is 20.3 Å². The molecule has 0 saturated heterocycles. The Labute approximate surface area is 122 Å². The molecule has 0 atom stereocenters. The van der Waals surface area contributed by atoms with E-state index in [1.165, 1.54) is 0 Å². The topological polar surface area (TPSA) is 61.5 Å². The van der Waals surface area contributed by atoms with Crippen molar-refractivity contribution in [1.29, 1.82) is 0 Å². The Bertz CT molecular complexity index is 737. The molecule has 2 aromatic heterocycles. The number of ether oxygens (including phenoxy) is 2. The molecule has 108 valence electrons. The zero-order valence-corrected chi connectivity index (χ0v) is 12.0. The van der Waals surface area contributed by atoms with Gasteiger partial charge in [0.15, 0.2) is 0 Å². The number of methoxy groups -OCH3 is 1. The first-order chi connectivity index (χ1) is 10.3. The maximum absolute atomic E-state index is 5.55. The molecule has 0 aliphatic carbocycles. The van der Waals surface area contributed by atoms with Crippen LogP contribution in [0.4, 0.5) is 0 Å². The smallest absolute Gasteiger partial charge is 0.254 e. The van der Waals surface area contributed by atoms with E-state index in [0.717, 1.165) is 22.7 Å². The molecule has 3 rings (SSSR count). The van der Waals surface area contributed by atoms with Gasteiger partial charge >= 0.3 is 0 Å². The summed E-state index contributed by atoms with van der Waals surface area (Å²) >= 11 is 0. The fourth-order valence-corrected chi connectivity index (χ4v) is 2.03. The largest absolute Gasteiger partial charge is 0.491 e. The Morgan fingerprint density at radius 2 is 1.86 bits per heavy atom. The van der Waals surface area contributed by atoms with Crippen LogP contribution in [0.5, 0.6) is 5.75 Å². The normalized spacial score (nSPS) is 11.0. The van der Waals surface area contributed by atoms with E-state index in [1.807, 2.05) is 41.8 Å². The van der Waals surface area contributed by atoms with E-state index in [2.05, 4.69) is 15.2 Å². The second kappa shape index (κ2) is 5.88. The van der Waals surface area contributed by atoms with Gasteiger partial charge in [0.25, 0.3) is 5.78 Å². The second-order valence-corrected chi connectivity index (χ2v) is 4.63. The highest BCUT2D eigenvalue weighted by molar-refractivity contribution is 5.63. The number of aromatic nitrogens is 4. The van der Waals surface area contributed by atoms with E-state index in [1.54, 1.807) is 13.3 Å². The highest BCUT2D eigenvalue weighted by Gasteiger charge is 2.05. The first kappa shape index (κ1) is 13.5. The lowest BCUT2D eigenvalue weighted by atomic mass is 10.1. The van der Waals surface area contributed by atoms with Crippen LogP contribution < -0.4 is 4.74 Å². The quantitative estimate of drug-likeness (QED) is 0.672. The summed E-state index contributed by atoms with van der Waals surface area (Å²) in [5.41, 5.74) is 2.07. The lowest BCUT2D eigenvalue weighted by molar-refractivity contribution is 0.146. The molecule has 0 bridgehead atoms. The van der Waals surface area contributed by atoms with Crippen LogP contribution in [0, 0.1) is 6.92 Å². The fourth-order valence-electron chi connectivity index (χ4n) is 2.03. The van der Waals surface area contributed by atoms with E-state index < -0.39 is 0 Å². The van der Waals surface area contributed by atoms with E-state index in [0.29, 0.717) is 19.0 Å². The minimum atomic E-state index is 0.545. The molecule has 0 unspecified atom stereocenters. The Hall–Kier alpha value is -2.47. The van der Waals surface area contributed by atoms with Crippen molar-refractivity contribution in [3.05, 3.63) is 42.5 Å². The monoisotopic (exact) mass is 284 g/mol. The van der Waals surface area contributed by atoms with Crippen LogP contribution in [0.15, 0.2) is 36.7 Å². The van der Waals surface area contributed by atoms with Crippen molar-refractivity contribution in [2.45, 2.75) is 6.92 Å². The second-order valence-electron chi connectivity index (χ2n) is 4.63. The highest BCUT2D eigenvalue weighted by atomic mass is 16.5. The summed E-state index contributed by atoms with van der Waals surface area (Å²) in [6.45, 7) is 3.02. The molecule has 6 nitrogen and oxygen atoms in total. The number of fused-ring (bicyclic) bond motifs is 1. The van der Waals surface area contributed by atoms with Crippen LogP contribution in [0.3, 0.4) is 0 Å². The van der Waals surface area contributed by atoms with E-state index in [9.17, 15) is 0 Å². The summed E-state index contributed by atoms with van der Waals surface area (Å²) in [5.74, 6) is 2.25. The van der Waals surface area contributed by atoms with Crippen molar-refractivity contribution in [1.82, 2.24) is 19.6 Å². The molecule has 0 spiro atoms. The lowest BCUT2D eigenvalue weighted by Gasteiger charge is -2.07. The number of rotatable bonds is 5. The number of aryl methyl sites for hydroxylation is 1. The third kappa shape index (κ3) is 2.85. The van der Waals surface area contributed by atoms with Crippen LogP contribution in [-0.4, -0.2) is 39.9 Å². The third-order valence-electron chi connectivity index (χ3n) is 3.18. The van der Waals surface area contributed by atoms with Gasteiger partial charge in [0, 0.05) is 25.1 Å². The number of nitrogens with zero attached hydrogens (tertiary/aromatic N) is 4. The SMILES string of the molecule is COCCOc1ccc(-c2cnc3nnc(C)n3c2)cc1. The summed E-state index contributed by atoms with van der Waals surface area (Å²) in [5, 5.41) is 7.98. The van der Waals surface area contributed by atoms with Crippen LogP contribution in [0.1, 0.15) is 5.82 Å². The standard InChI is InChI=1S/C15H16N4O2/c1-11-17-18-15-16-9-13(10-19(11)15)12-3-5-14(6-4-12)21-8-7-20-2/h3-6,9-10H,7-8H2,1-2H3. The summed E-state index contributed by atoms with van der Waals surface area (Å²) in [7, 11) is 1.66. The molecule has 3 aromatic rings. The number of hydrogen-bond donors (Lipinski definition) is 0. The Kier molecular flexibility index (Phi) is 3.79. The van der Waals surface area contributed by atoms with Gasteiger partial charge in [-0.15, -0.1) is 10.2 Å². The molecule has 2 heterocycles. The average Bonchev–Trinajstić information content (AvgIpc) is 2.89. The number of hydrogen-bond acceptors (Lipinski definition) is 5. The van der Waals surface area contributed by atoms with Crippen molar-refractivity contribution in [3.8, 4) is 16.9 Å².